The molecule has 0 saturated heterocycles. The molecule has 302 valence electrons. The van der Waals surface area contributed by atoms with E-state index in [0.717, 1.165) is 55.7 Å². The van der Waals surface area contributed by atoms with Crippen molar-refractivity contribution in [3.05, 3.63) is 260 Å². The van der Waals surface area contributed by atoms with E-state index in [9.17, 15) is 0 Å². The van der Waals surface area contributed by atoms with Crippen molar-refractivity contribution in [3.8, 4) is 55.6 Å². The monoisotopic (exact) mass is 817 g/mol. The SMILES string of the molecule is C(=C\c1ccc2c(c1)oc1cc(N(c3ccccc3)c3ccccc3)ccc12)/c1ccc(-c2cc(-c3ccccc3)c(-c3ccccc3)c(-c3ccccc3)c2-c2ccccc2)cc1. The van der Waals surface area contributed by atoms with Crippen molar-refractivity contribution in [1.82, 2.24) is 0 Å². The van der Waals surface area contributed by atoms with Gasteiger partial charge in [0, 0.05) is 33.9 Å². The molecule has 0 atom stereocenters. The van der Waals surface area contributed by atoms with Gasteiger partial charge in [-0.2, -0.15) is 0 Å². The first-order valence-electron chi connectivity index (χ1n) is 21.8. The Labute approximate surface area is 374 Å². The van der Waals surface area contributed by atoms with Gasteiger partial charge < -0.3 is 9.32 Å². The van der Waals surface area contributed by atoms with Gasteiger partial charge >= 0.3 is 0 Å². The van der Waals surface area contributed by atoms with Crippen LogP contribution in [-0.2, 0) is 0 Å². The fourth-order valence-corrected chi connectivity index (χ4v) is 9.05. The number of benzene rings is 10. The van der Waals surface area contributed by atoms with Crippen LogP contribution in [0.3, 0.4) is 0 Å². The summed E-state index contributed by atoms with van der Waals surface area (Å²) in [4.78, 5) is 2.26. The zero-order chi connectivity index (χ0) is 42.7. The Bertz CT molecular complexity index is 3340. The molecule has 0 aliphatic carbocycles. The summed E-state index contributed by atoms with van der Waals surface area (Å²) in [7, 11) is 0. The molecular formula is C62H43NO. The van der Waals surface area contributed by atoms with Crippen LogP contribution in [0.4, 0.5) is 17.1 Å². The van der Waals surface area contributed by atoms with Crippen LogP contribution in [0.2, 0.25) is 0 Å². The van der Waals surface area contributed by atoms with Gasteiger partial charge in [0.05, 0.1) is 0 Å². The molecule has 0 aliphatic rings. The van der Waals surface area contributed by atoms with Gasteiger partial charge in [-0.3, -0.25) is 0 Å². The van der Waals surface area contributed by atoms with Gasteiger partial charge in [-0.1, -0.05) is 200 Å². The molecule has 10 aromatic carbocycles. The van der Waals surface area contributed by atoms with Gasteiger partial charge in [-0.05, 0) is 121 Å². The topological polar surface area (TPSA) is 16.4 Å². The molecule has 2 heteroatoms. The number of furan rings is 1. The molecule has 0 spiro atoms. The number of para-hydroxylation sites is 2. The average Bonchev–Trinajstić information content (AvgIpc) is 3.74. The van der Waals surface area contributed by atoms with Crippen molar-refractivity contribution in [2.45, 2.75) is 0 Å². The van der Waals surface area contributed by atoms with Crippen molar-refractivity contribution < 1.29 is 4.42 Å². The third-order valence-corrected chi connectivity index (χ3v) is 12.1. The van der Waals surface area contributed by atoms with Crippen molar-refractivity contribution in [3.63, 3.8) is 0 Å². The molecule has 11 aromatic rings. The van der Waals surface area contributed by atoms with E-state index in [2.05, 4.69) is 254 Å². The van der Waals surface area contributed by atoms with Crippen LogP contribution < -0.4 is 4.90 Å². The van der Waals surface area contributed by atoms with Gasteiger partial charge in [0.25, 0.3) is 0 Å². The Hall–Kier alpha value is -8.46. The summed E-state index contributed by atoms with van der Waals surface area (Å²) in [5.74, 6) is 0. The van der Waals surface area contributed by atoms with E-state index < -0.39 is 0 Å². The molecule has 2 nitrogen and oxygen atoms in total. The molecule has 1 heterocycles. The summed E-state index contributed by atoms with van der Waals surface area (Å²) in [6.07, 6.45) is 4.36. The lowest BCUT2D eigenvalue weighted by molar-refractivity contribution is 0.669. The van der Waals surface area contributed by atoms with E-state index in [1.807, 2.05) is 12.1 Å². The number of fused-ring (bicyclic) bond motifs is 3. The molecule has 0 aliphatic heterocycles. The van der Waals surface area contributed by atoms with Crippen molar-refractivity contribution in [2.75, 3.05) is 4.90 Å². The van der Waals surface area contributed by atoms with Gasteiger partial charge in [0.15, 0.2) is 0 Å². The van der Waals surface area contributed by atoms with Gasteiger partial charge in [-0.25, -0.2) is 0 Å². The van der Waals surface area contributed by atoms with E-state index in [1.165, 1.54) is 50.1 Å². The molecule has 0 N–H and O–H groups in total. The number of hydrogen-bond acceptors (Lipinski definition) is 2. The first-order chi connectivity index (χ1) is 31.7. The predicted molar refractivity (Wildman–Crippen MR) is 271 cm³/mol. The second-order valence-corrected chi connectivity index (χ2v) is 16.1. The maximum absolute atomic E-state index is 6.58. The van der Waals surface area contributed by atoms with Crippen LogP contribution in [0.5, 0.6) is 0 Å². The van der Waals surface area contributed by atoms with Crippen LogP contribution in [0.1, 0.15) is 11.1 Å². The van der Waals surface area contributed by atoms with Crippen molar-refractivity contribution in [2.24, 2.45) is 0 Å². The maximum atomic E-state index is 6.58. The Kier molecular flexibility index (Phi) is 10.3. The first kappa shape index (κ1) is 38.5. The Morgan fingerprint density at radius 3 is 1.19 bits per heavy atom. The fraction of sp³-hybridized carbons (Fsp3) is 0. The minimum Gasteiger partial charge on any atom is -0.456 e. The zero-order valence-electron chi connectivity index (χ0n) is 35.2. The van der Waals surface area contributed by atoms with E-state index in [4.69, 9.17) is 4.42 Å². The molecule has 11 rings (SSSR count). The molecule has 0 unspecified atom stereocenters. The van der Waals surface area contributed by atoms with Crippen molar-refractivity contribution >= 4 is 51.2 Å². The highest BCUT2D eigenvalue weighted by Gasteiger charge is 2.24. The average molecular weight is 818 g/mol. The summed E-state index contributed by atoms with van der Waals surface area (Å²) in [6, 6.07) is 88.7. The molecule has 0 amide bonds. The van der Waals surface area contributed by atoms with Crippen molar-refractivity contribution in [1.29, 1.82) is 0 Å². The fourth-order valence-electron chi connectivity index (χ4n) is 9.05. The smallest absolute Gasteiger partial charge is 0.137 e. The largest absolute Gasteiger partial charge is 0.456 e. The highest BCUT2D eigenvalue weighted by Crippen LogP contribution is 2.50. The van der Waals surface area contributed by atoms with Gasteiger partial charge in [0.1, 0.15) is 11.2 Å². The summed E-state index contributed by atoms with van der Waals surface area (Å²) in [5, 5.41) is 2.20. The van der Waals surface area contributed by atoms with Crippen LogP contribution in [0, 0.1) is 0 Å². The van der Waals surface area contributed by atoms with E-state index >= 15 is 0 Å². The number of anilines is 3. The van der Waals surface area contributed by atoms with Gasteiger partial charge in [-0.15, -0.1) is 0 Å². The molecule has 0 bridgehead atoms. The lowest BCUT2D eigenvalue weighted by Gasteiger charge is -2.25. The standard InChI is InChI=1S/C62H43NO/c1-7-19-46(20-8-1)56-43-57(61(49-23-11-3-12-24-49)62(50-25-13-4-14-26-50)60(56)48-21-9-2-10-22-48)47-36-33-44(34-37-47)31-32-45-35-39-54-55-40-38-53(42-59(55)64-58(54)41-45)63(51-27-15-5-16-28-51)52-29-17-6-18-30-52/h1-43H/b32-31+. The number of rotatable bonds is 10. The van der Waals surface area contributed by atoms with E-state index in [0.29, 0.717) is 0 Å². The molecule has 64 heavy (non-hydrogen) atoms. The zero-order valence-corrected chi connectivity index (χ0v) is 35.2. The molecule has 0 fully saturated rings. The molecule has 0 radical (unpaired) electrons. The second-order valence-electron chi connectivity index (χ2n) is 16.1. The predicted octanol–water partition coefficient (Wildman–Crippen LogP) is 17.6. The minimum absolute atomic E-state index is 0.860. The highest BCUT2D eigenvalue weighted by atomic mass is 16.3. The van der Waals surface area contributed by atoms with Crippen LogP contribution >= 0.6 is 0 Å². The lowest BCUT2D eigenvalue weighted by atomic mass is 9.79. The number of nitrogens with zero attached hydrogens (tertiary/aromatic N) is 1. The van der Waals surface area contributed by atoms with Crippen LogP contribution in [0.25, 0.3) is 89.7 Å². The number of hydrogen-bond donors (Lipinski definition) is 0. The van der Waals surface area contributed by atoms with Crippen LogP contribution in [0.15, 0.2) is 253 Å². The molecular weight excluding hydrogens is 775 g/mol. The summed E-state index contributed by atoms with van der Waals surface area (Å²) < 4.78 is 6.58. The normalized spacial score (nSPS) is 11.4. The Morgan fingerprint density at radius 2 is 0.672 bits per heavy atom. The van der Waals surface area contributed by atoms with E-state index in [1.54, 1.807) is 0 Å². The molecule has 1 aromatic heterocycles. The third kappa shape index (κ3) is 7.48. The first-order valence-corrected chi connectivity index (χ1v) is 21.8. The molecule has 0 saturated carbocycles. The third-order valence-electron chi connectivity index (χ3n) is 12.1. The van der Waals surface area contributed by atoms with E-state index in [-0.39, 0.29) is 0 Å². The Balaban J connectivity index is 0.972. The summed E-state index contributed by atoms with van der Waals surface area (Å²) in [6.45, 7) is 0. The quantitative estimate of drug-likeness (QED) is 0.128. The minimum atomic E-state index is 0.860. The second kappa shape index (κ2) is 17.1. The van der Waals surface area contributed by atoms with Crippen LogP contribution in [-0.4, -0.2) is 0 Å². The van der Waals surface area contributed by atoms with Gasteiger partial charge in [0.2, 0.25) is 0 Å². The Morgan fingerprint density at radius 1 is 0.281 bits per heavy atom. The highest BCUT2D eigenvalue weighted by molar-refractivity contribution is 6.08. The summed E-state index contributed by atoms with van der Waals surface area (Å²) >= 11 is 0. The maximum Gasteiger partial charge on any atom is 0.137 e. The summed E-state index contributed by atoms with van der Waals surface area (Å²) in [5.41, 5.74) is 19.1. The lowest BCUT2D eigenvalue weighted by Crippen LogP contribution is -2.09.